The average Bonchev–Trinajstić information content (AvgIpc) is 2.57. The van der Waals surface area contributed by atoms with Crippen LogP contribution in [0.1, 0.15) is 19.8 Å². The molecule has 2 fully saturated rings. The molecule has 2 unspecified atom stereocenters. The highest BCUT2D eigenvalue weighted by molar-refractivity contribution is 6.11. The molecule has 2 saturated heterocycles. The van der Waals surface area contributed by atoms with Crippen molar-refractivity contribution in [3.8, 4) is 0 Å². The van der Waals surface area contributed by atoms with Crippen LogP contribution in [0.2, 0.25) is 0 Å². The van der Waals surface area contributed by atoms with Crippen molar-refractivity contribution in [3.05, 3.63) is 0 Å². The molecule has 0 N–H and O–H groups in total. The van der Waals surface area contributed by atoms with Crippen molar-refractivity contribution in [2.24, 2.45) is 5.92 Å². The van der Waals surface area contributed by atoms with Crippen LogP contribution in [0.5, 0.6) is 0 Å². The van der Waals surface area contributed by atoms with E-state index in [0.29, 0.717) is 18.0 Å². The minimum Gasteiger partial charge on any atom is -0.367 e. The lowest BCUT2D eigenvalue weighted by atomic mass is 9.96. The lowest BCUT2D eigenvalue weighted by Crippen LogP contribution is -2.45. The van der Waals surface area contributed by atoms with Crippen LogP contribution >= 0.6 is 0 Å². The van der Waals surface area contributed by atoms with E-state index >= 15 is 0 Å². The van der Waals surface area contributed by atoms with E-state index in [9.17, 15) is 14.4 Å². The van der Waals surface area contributed by atoms with Gasteiger partial charge in [-0.1, -0.05) is 6.92 Å². The van der Waals surface area contributed by atoms with Crippen LogP contribution < -0.4 is 0 Å². The second-order valence-corrected chi connectivity index (χ2v) is 4.65. The molecule has 0 bridgehead atoms. The van der Waals surface area contributed by atoms with Crippen LogP contribution in [-0.2, 0) is 19.2 Å². The van der Waals surface area contributed by atoms with Gasteiger partial charge in [0.05, 0.1) is 0 Å². The number of ether oxygens (including phenoxy) is 1. The fourth-order valence-corrected chi connectivity index (χ4v) is 1.83. The lowest BCUT2D eigenvalue weighted by molar-refractivity contribution is -0.177. The second-order valence-electron chi connectivity index (χ2n) is 4.65. The Morgan fingerprint density at radius 2 is 2.22 bits per heavy atom. The Hall–Kier alpha value is -1.57. The Bertz CT molecular complexity index is 380. The zero-order chi connectivity index (χ0) is 13.3. The summed E-state index contributed by atoms with van der Waals surface area (Å²) >= 11 is 0. The third-order valence-corrected chi connectivity index (χ3v) is 3.08. The van der Waals surface area contributed by atoms with Crippen molar-refractivity contribution in [3.63, 3.8) is 0 Å². The zero-order valence-electron chi connectivity index (χ0n) is 10.4. The standard InChI is InChI=1S/C10H15BN2O5/c1-6-4-8(14)13(9(6)15)18-10(16)12-3-2-7(11)17-5-12/h6-7H,2-5,11H2,1H3. The van der Waals surface area contributed by atoms with Crippen molar-refractivity contribution in [2.75, 3.05) is 13.3 Å². The van der Waals surface area contributed by atoms with E-state index in [-0.39, 0.29) is 19.2 Å². The molecular weight excluding hydrogens is 239 g/mol. The summed E-state index contributed by atoms with van der Waals surface area (Å²) in [5.41, 5.74) is 0. The molecule has 0 aromatic carbocycles. The fraction of sp³-hybridized carbons (Fsp3) is 0.700. The fourth-order valence-electron chi connectivity index (χ4n) is 1.83. The van der Waals surface area contributed by atoms with Crippen LogP contribution in [-0.4, -0.2) is 55.0 Å². The van der Waals surface area contributed by atoms with Crippen LogP contribution in [0.25, 0.3) is 0 Å². The van der Waals surface area contributed by atoms with Gasteiger partial charge in [-0.15, -0.1) is 5.06 Å². The largest absolute Gasteiger partial charge is 0.436 e. The number of hydrogen-bond donors (Lipinski definition) is 0. The molecule has 0 radical (unpaired) electrons. The van der Waals surface area contributed by atoms with Crippen LogP contribution in [0.3, 0.4) is 0 Å². The first kappa shape index (κ1) is 12.9. The maximum absolute atomic E-state index is 11.7. The molecule has 2 aliphatic rings. The zero-order valence-corrected chi connectivity index (χ0v) is 10.4. The average molecular weight is 254 g/mol. The van der Waals surface area contributed by atoms with E-state index < -0.39 is 23.8 Å². The summed E-state index contributed by atoms with van der Waals surface area (Å²) < 4.78 is 5.29. The van der Waals surface area contributed by atoms with E-state index in [4.69, 9.17) is 9.57 Å². The molecule has 18 heavy (non-hydrogen) atoms. The van der Waals surface area contributed by atoms with Crippen molar-refractivity contribution in [1.82, 2.24) is 9.96 Å². The molecule has 2 aliphatic heterocycles. The molecule has 0 aromatic rings. The van der Waals surface area contributed by atoms with E-state index in [2.05, 4.69) is 0 Å². The van der Waals surface area contributed by atoms with E-state index in [1.54, 1.807) is 6.92 Å². The molecule has 98 valence electrons. The van der Waals surface area contributed by atoms with Crippen LogP contribution in [0, 0.1) is 5.92 Å². The van der Waals surface area contributed by atoms with E-state index in [0.717, 1.165) is 0 Å². The topological polar surface area (TPSA) is 76.2 Å². The van der Waals surface area contributed by atoms with Gasteiger partial charge in [0, 0.05) is 24.9 Å². The molecule has 0 aromatic heterocycles. The Kier molecular flexibility index (Phi) is 3.56. The van der Waals surface area contributed by atoms with Gasteiger partial charge in [0.1, 0.15) is 14.6 Å². The van der Waals surface area contributed by atoms with Gasteiger partial charge in [-0.05, 0) is 6.42 Å². The molecule has 2 heterocycles. The molecule has 2 rings (SSSR count). The molecule has 7 nitrogen and oxygen atoms in total. The highest BCUT2D eigenvalue weighted by Gasteiger charge is 2.40. The number of imide groups is 1. The molecule has 0 spiro atoms. The lowest BCUT2D eigenvalue weighted by Gasteiger charge is -2.30. The third kappa shape index (κ3) is 2.48. The maximum Gasteiger partial charge on any atom is 0.436 e. The summed E-state index contributed by atoms with van der Waals surface area (Å²) in [6.45, 7) is 2.23. The number of hydroxylamine groups is 2. The summed E-state index contributed by atoms with van der Waals surface area (Å²) in [6, 6.07) is 0.101. The number of carbonyl (C=O) groups is 3. The van der Waals surface area contributed by atoms with E-state index in [1.807, 2.05) is 7.85 Å². The Morgan fingerprint density at radius 1 is 1.50 bits per heavy atom. The summed E-state index contributed by atoms with van der Waals surface area (Å²) in [5, 5.41) is 0.561. The van der Waals surface area contributed by atoms with Gasteiger partial charge >= 0.3 is 6.09 Å². The quantitative estimate of drug-likeness (QED) is 0.446. The molecule has 8 heteroatoms. The SMILES string of the molecule is BC1CCN(C(=O)ON2C(=O)CC(C)C2=O)CO1. The summed E-state index contributed by atoms with van der Waals surface area (Å²) in [6.07, 6.45) is 0.0604. The Labute approximate surface area is 105 Å². The molecule has 2 atom stereocenters. The van der Waals surface area contributed by atoms with Gasteiger partial charge < -0.3 is 9.57 Å². The highest BCUT2D eigenvalue weighted by Crippen LogP contribution is 2.20. The monoisotopic (exact) mass is 254 g/mol. The van der Waals surface area contributed by atoms with E-state index in [1.165, 1.54) is 4.90 Å². The number of nitrogens with zero attached hydrogens (tertiary/aromatic N) is 2. The minimum absolute atomic E-state index is 0.0830. The normalized spacial score (nSPS) is 28.7. The highest BCUT2D eigenvalue weighted by atomic mass is 16.7. The first-order valence-electron chi connectivity index (χ1n) is 5.94. The van der Waals surface area contributed by atoms with Gasteiger partial charge in [0.2, 0.25) is 0 Å². The molecule has 0 aliphatic carbocycles. The molecular formula is C10H15BN2O5. The number of hydrogen-bond acceptors (Lipinski definition) is 5. The number of amides is 3. The van der Waals surface area contributed by atoms with Gasteiger partial charge in [-0.3, -0.25) is 14.5 Å². The minimum atomic E-state index is -0.724. The molecule has 3 amide bonds. The van der Waals surface area contributed by atoms with Gasteiger partial charge in [0.25, 0.3) is 11.8 Å². The van der Waals surface area contributed by atoms with Crippen LogP contribution in [0.15, 0.2) is 0 Å². The van der Waals surface area contributed by atoms with Gasteiger partial charge in [-0.25, -0.2) is 4.79 Å². The van der Waals surface area contributed by atoms with Gasteiger partial charge in [0.15, 0.2) is 0 Å². The summed E-state index contributed by atoms with van der Waals surface area (Å²) in [5.74, 6) is -1.38. The van der Waals surface area contributed by atoms with Crippen molar-refractivity contribution in [2.45, 2.75) is 25.8 Å². The number of carbonyl (C=O) groups excluding carboxylic acids is 3. The second kappa shape index (κ2) is 4.97. The summed E-state index contributed by atoms with van der Waals surface area (Å²) in [4.78, 5) is 40.9. The van der Waals surface area contributed by atoms with Crippen LogP contribution in [0.4, 0.5) is 4.79 Å². The predicted octanol–water partition coefficient (Wildman–Crippen LogP) is -0.928. The smallest absolute Gasteiger partial charge is 0.367 e. The third-order valence-electron chi connectivity index (χ3n) is 3.08. The van der Waals surface area contributed by atoms with Crippen molar-refractivity contribution >= 4 is 25.8 Å². The predicted molar refractivity (Wildman–Crippen MR) is 61.7 cm³/mol. The summed E-state index contributed by atoms with van der Waals surface area (Å²) in [7, 11) is 1.91. The Morgan fingerprint density at radius 3 is 2.72 bits per heavy atom. The van der Waals surface area contributed by atoms with Gasteiger partial charge in [-0.2, -0.15) is 0 Å². The molecule has 0 saturated carbocycles. The number of rotatable bonds is 1. The first-order chi connectivity index (χ1) is 8.49. The van der Waals surface area contributed by atoms with Crippen molar-refractivity contribution < 1.29 is 24.0 Å². The maximum atomic E-state index is 11.7. The first-order valence-corrected chi connectivity index (χ1v) is 5.94. The van der Waals surface area contributed by atoms with Crippen molar-refractivity contribution in [1.29, 1.82) is 0 Å². The Balaban J connectivity index is 1.91.